The van der Waals surface area contributed by atoms with E-state index in [2.05, 4.69) is 10.5 Å². The van der Waals surface area contributed by atoms with E-state index in [1.165, 1.54) is 0 Å². The van der Waals surface area contributed by atoms with Crippen LogP contribution in [-0.4, -0.2) is 11.1 Å². The van der Waals surface area contributed by atoms with Crippen molar-refractivity contribution >= 4 is 29.1 Å². The summed E-state index contributed by atoms with van der Waals surface area (Å²) in [6, 6.07) is 5.08. The molecule has 1 heterocycles. The van der Waals surface area contributed by atoms with E-state index in [0.29, 0.717) is 22.9 Å². The largest absolute Gasteiger partial charge is 0.361 e. The van der Waals surface area contributed by atoms with Crippen molar-refractivity contribution in [3.8, 4) is 0 Å². The van der Waals surface area contributed by atoms with Gasteiger partial charge < -0.3 is 9.84 Å². The Bertz CT molecular complexity index is 663. The zero-order chi connectivity index (χ0) is 16.3. The van der Waals surface area contributed by atoms with Crippen LogP contribution in [0, 0.1) is 13.8 Å². The van der Waals surface area contributed by atoms with Crippen LogP contribution in [0.2, 0.25) is 10.0 Å². The summed E-state index contributed by atoms with van der Waals surface area (Å²) in [7, 11) is 0. The molecule has 1 unspecified atom stereocenters. The van der Waals surface area contributed by atoms with Gasteiger partial charge in [0.2, 0.25) is 5.91 Å². The molecular formula is C16H18Cl2N2O2. The van der Waals surface area contributed by atoms with Gasteiger partial charge in [-0.15, -0.1) is 0 Å². The van der Waals surface area contributed by atoms with Crippen LogP contribution in [-0.2, 0) is 11.2 Å². The van der Waals surface area contributed by atoms with Crippen molar-refractivity contribution in [3.05, 3.63) is 50.8 Å². The number of carbonyl (C=O) groups is 1. The van der Waals surface area contributed by atoms with Crippen molar-refractivity contribution in [2.24, 2.45) is 0 Å². The molecule has 0 aliphatic carbocycles. The van der Waals surface area contributed by atoms with E-state index in [9.17, 15) is 4.79 Å². The molecule has 2 rings (SSSR count). The Balaban J connectivity index is 1.94. The minimum Gasteiger partial charge on any atom is -0.361 e. The summed E-state index contributed by atoms with van der Waals surface area (Å²) in [5, 5.41) is 7.95. The predicted octanol–water partition coefficient (Wildman–Crippen LogP) is 4.41. The lowest BCUT2D eigenvalue weighted by Crippen LogP contribution is -2.27. The molecule has 1 N–H and O–H groups in total. The summed E-state index contributed by atoms with van der Waals surface area (Å²) in [5.41, 5.74) is 2.67. The van der Waals surface area contributed by atoms with E-state index in [4.69, 9.17) is 27.7 Å². The number of benzene rings is 1. The van der Waals surface area contributed by atoms with E-state index >= 15 is 0 Å². The molecule has 0 bridgehead atoms. The van der Waals surface area contributed by atoms with Gasteiger partial charge in [-0.2, -0.15) is 0 Å². The molecule has 0 saturated heterocycles. The highest BCUT2D eigenvalue weighted by Crippen LogP contribution is 2.26. The van der Waals surface area contributed by atoms with E-state index in [0.717, 1.165) is 22.6 Å². The third-order valence-electron chi connectivity index (χ3n) is 3.59. The highest BCUT2D eigenvalue weighted by molar-refractivity contribution is 6.35. The summed E-state index contributed by atoms with van der Waals surface area (Å²) < 4.78 is 5.09. The molecular weight excluding hydrogens is 323 g/mol. The van der Waals surface area contributed by atoms with Gasteiger partial charge in [-0.05, 0) is 44.9 Å². The number of aromatic nitrogens is 1. The monoisotopic (exact) mass is 340 g/mol. The van der Waals surface area contributed by atoms with Gasteiger partial charge in [0.15, 0.2) is 0 Å². The Labute approximate surface area is 139 Å². The van der Waals surface area contributed by atoms with E-state index < -0.39 is 0 Å². The van der Waals surface area contributed by atoms with E-state index in [1.807, 2.05) is 26.8 Å². The number of nitrogens with zero attached hydrogens (tertiary/aromatic N) is 1. The SMILES string of the molecule is Cc1noc(C)c1CCC(=O)NC(C)c1ccc(Cl)cc1Cl. The molecule has 1 aromatic carbocycles. The third-order valence-corrected chi connectivity index (χ3v) is 4.15. The van der Waals surface area contributed by atoms with Gasteiger partial charge in [-0.1, -0.05) is 34.4 Å². The van der Waals surface area contributed by atoms with Gasteiger partial charge in [0, 0.05) is 22.0 Å². The smallest absolute Gasteiger partial charge is 0.220 e. The van der Waals surface area contributed by atoms with Gasteiger partial charge in [0.25, 0.3) is 0 Å². The Morgan fingerprint density at radius 3 is 2.68 bits per heavy atom. The molecule has 0 spiro atoms. The Morgan fingerprint density at radius 2 is 2.09 bits per heavy atom. The first-order valence-corrected chi connectivity index (χ1v) is 7.80. The molecule has 0 aliphatic rings. The summed E-state index contributed by atoms with van der Waals surface area (Å²) in [4.78, 5) is 12.1. The number of hydrogen-bond donors (Lipinski definition) is 1. The third kappa shape index (κ3) is 4.02. The Hall–Kier alpha value is -1.52. The summed E-state index contributed by atoms with van der Waals surface area (Å²) in [5.74, 6) is 0.720. The zero-order valence-electron chi connectivity index (χ0n) is 12.7. The Morgan fingerprint density at radius 1 is 1.36 bits per heavy atom. The number of hydrogen-bond acceptors (Lipinski definition) is 3. The summed E-state index contributed by atoms with van der Waals surface area (Å²) in [6.45, 7) is 5.62. The van der Waals surface area contributed by atoms with Crippen molar-refractivity contribution in [3.63, 3.8) is 0 Å². The second-order valence-corrected chi connectivity index (χ2v) is 6.10. The van der Waals surface area contributed by atoms with Gasteiger partial charge in [-0.25, -0.2) is 0 Å². The normalized spacial score (nSPS) is 12.2. The quantitative estimate of drug-likeness (QED) is 0.876. The minimum atomic E-state index is -0.179. The van der Waals surface area contributed by atoms with Crippen LogP contribution in [0.5, 0.6) is 0 Å². The van der Waals surface area contributed by atoms with Crippen LogP contribution >= 0.6 is 23.2 Å². The van der Waals surface area contributed by atoms with E-state index in [-0.39, 0.29) is 11.9 Å². The molecule has 6 heteroatoms. The summed E-state index contributed by atoms with van der Waals surface area (Å²) >= 11 is 12.0. The van der Waals surface area contributed by atoms with Crippen molar-refractivity contribution in [1.29, 1.82) is 0 Å². The van der Waals surface area contributed by atoms with Gasteiger partial charge in [0.05, 0.1) is 11.7 Å². The fourth-order valence-corrected chi connectivity index (χ4v) is 2.91. The molecule has 22 heavy (non-hydrogen) atoms. The second kappa shape index (κ2) is 7.16. The van der Waals surface area contributed by atoms with Crippen molar-refractivity contribution < 1.29 is 9.32 Å². The molecule has 1 aromatic heterocycles. The number of rotatable bonds is 5. The van der Waals surface area contributed by atoms with Crippen molar-refractivity contribution in [2.75, 3.05) is 0 Å². The maximum Gasteiger partial charge on any atom is 0.220 e. The highest BCUT2D eigenvalue weighted by Gasteiger charge is 2.15. The van der Waals surface area contributed by atoms with Crippen molar-refractivity contribution in [2.45, 2.75) is 39.7 Å². The number of nitrogens with one attached hydrogen (secondary N) is 1. The Kier molecular flexibility index (Phi) is 5.48. The number of carbonyl (C=O) groups excluding carboxylic acids is 1. The van der Waals surface area contributed by atoms with E-state index in [1.54, 1.807) is 12.1 Å². The summed E-state index contributed by atoms with van der Waals surface area (Å²) in [6.07, 6.45) is 0.979. The van der Waals surface area contributed by atoms with Gasteiger partial charge >= 0.3 is 0 Å². The topological polar surface area (TPSA) is 55.1 Å². The lowest BCUT2D eigenvalue weighted by atomic mass is 10.1. The molecule has 0 saturated carbocycles. The zero-order valence-corrected chi connectivity index (χ0v) is 14.3. The van der Waals surface area contributed by atoms with Crippen LogP contribution in [0.25, 0.3) is 0 Å². The van der Waals surface area contributed by atoms with Crippen LogP contribution in [0.15, 0.2) is 22.7 Å². The van der Waals surface area contributed by atoms with Crippen molar-refractivity contribution in [1.82, 2.24) is 10.5 Å². The fourth-order valence-electron chi connectivity index (χ4n) is 2.34. The van der Waals surface area contributed by atoms with Gasteiger partial charge in [0.1, 0.15) is 5.76 Å². The number of halogens is 2. The number of aryl methyl sites for hydroxylation is 2. The first-order valence-electron chi connectivity index (χ1n) is 7.04. The fraction of sp³-hybridized carbons (Fsp3) is 0.375. The molecule has 4 nitrogen and oxygen atoms in total. The lowest BCUT2D eigenvalue weighted by molar-refractivity contribution is -0.121. The lowest BCUT2D eigenvalue weighted by Gasteiger charge is -2.16. The van der Waals surface area contributed by atoms with Gasteiger partial charge in [-0.3, -0.25) is 4.79 Å². The van der Waals surface area contributed by atoms with Crippen LogP contribution in [0.1, 0.15) is 42.0 Å². The molecule has 2 aromatic rings. The maximum absolute atomic E-state index is 12.1. The molecule has 1 atom stereocenters. The molecule has 118 valence electrons. The maximum atomic E-state index is 12.1. The first-order chi connectivity index (χ1) is 10.4. The predicted molar refractivity (Wildman–Crippen MR) is 87.3 cm³/mol. The first kappa shape index (κ1) is 16.8. The average Bonchev–Trinajstić information content (AvgIpc) is 2.75. The highest BCUT2D eigenvalue weighted by atomic mass is 35.5. The minimum absolute atomic E-state index is 0.0430. The standard InChI is InChI=1S/C16H18Cl2N2O2/c1-9(14-5-4-12(17)8-15(14)18)19-16(21)7-6-13-10(2)20-22-11(13)3/h4-5,8-9H,6-7H2,1-3H3,(H,19,21). The molecule has 0 radical (unpaired) electrons. The molecule has 0 aliphatic heterocycles. The second-order valence-electron chi connectivity index (χ2n) is 5.26. The molecule has 0 fully saturated rings. The molecule has 1 amide bonds. The van der Waals surface area contributed by atoms with Crippen LogP contribution in [0.4, 0.5) is 0 Å². The average molecular weight is 341 g/mol. The van der Waals surface area contributed by atoms with Crippen LogP contribution < -0.4 is 5.32 Å². The van der Waals surface area contributed by atoms with Crippen LogP contribution in [0.3, 0.4) is 0 Å². The number of amides is 1.